The van der Waals surface area contributed by atoms with Gasteiger partial charge in [0, 0.05) is 51.5 Å². The van der Waals surface area contributed by atoms with Crippen molar-refractivity contribution in [3.8, 4) is 5.69 Å². The molecule has 166 valence electrons. The summed E-state index contributed by atoms with van der Waals surface area (Å²) in [5.74, 6) is 1.39. The normalized spacial score (nSPS) is 19.8. The Morgan fingerprint density at radius 3 is 2.70 bits per heavy atom. The van der Waals surface area contributed by atoms with E-state index in [1.807, 2.05) is 36.1 Å². The smallest absolute Gasteiger partial charge is 0.193 e. The number of nitrogens with zero attached hydrogens (tertiary/aromatic N) is 4. The van der Waals surface area contributed by atoms with Crippen molar-refractivity contribution in [1.82, 2.24) is 20.0 Å². The Kier molecular flexibility index (Phi) is 9.15. The monoisotopic (exact) mass is 525 g/mol. The molecular formula is C23H36IN5O. The van der Waals surface area contributed by atoms with Crippen LogP contribution in [0.2, 0.25) is 0 Å². The molecule has 2 unspecified atom stereocenters. The van der Waals surface area contributed by atoms with Gasteiger partial charge in [-0.3, -0.25) is 4.99 Å². The van der Waals surface area contributed by atoms with E-state index in [9.17, 15) is 0 Å². The van der Waals surface area contributed by atoms with Crippen molar-refractivity contribution in [2.24, 2.45) is 16.3 Å². The van der Waals surface area contributed by atoms with Gasteiger partial charge in [0.2, 0.25) is 0 Å². The van der Waals surface area contributed by atoms with Crippen molar-refractivity contribution in [2.75, 3.05) is 27.2 Å². The highest BCUT2D eigenvalue weighted by Crippen LogP contribution is 2.33. The fourth-order valence-corrected chi connectivity index (χ4v) is 4.13. The molecule has 1 saturated heterocycles. The van der Waals surface area contributed by atoms with Crippen LogP contribution in [-0.4, -0.2) is 54.0 Å². The van der Waals surface area contributed by atoms with E-state index in [0.29, 0.717) is 5.92 Å². The zero-order valence-electron chi connectivity index (χ0n) is 18.8. The van der Waals surface area contributed by atoms with Crippen LogP contribution in [0.4, 0.5) is 0 Å². The summed E-state index contributed by atoms with van der Waals surface area (Å²) in [5, 5.41) is 8.06. The van der Waals surface area contributed by atoms with Crippen molar-refractivity contribution in [1.29, 1.82) is 0 Å². The van der Waals surface area contributed by atoms with E-state index in [4.69, 9.17) is 4.74 Å². The molecule has 0 saturated carbocycles. The van der Waals surface area contributed by atoms with Gasteiger partial charge in [-0.1, -0.05) is 39.0 Å². The zero-order valence-corrected chi connectivity index (χ0v) is 21.2. The number of nitrogens with one attached hydrogen (secondary N) is 1. The standard InChI is InChI=1S/C23H35N5O.HI/c1-23(2,3)21-19(10-9-13-29-21)15-25-22(24-4)27(5)16-18-14-26-28(17-18)20-11-7-6-8-12-20;/h6-8,11-12,14,17,19,21H,9-10,13,15-16H2,1-5H3,(H,24,25);1H. The second kappa shape index (κ2) is 11.1. The number of benzene rings is 1. The lowest BCUT2D eigenvalue weighted by Crippen LogP contribution is -2.47. The molecule has 0 bridgehead atoms. The first kappa shape index (κ1) is 24.7. The minimum Gasteiger partial charge on any atom is -0.377 e. The van der Waals surface area contributed by atoms with Crippen molar-refractivity contribution in [3.05, 3.63) is 48.3 Å². The average Bonchev–Trinajstić information content (AvgIpc) is 3.17. The molecule has 0 aliphatic carbocycles. The molecule has 1 N–H and O–H groups in total. The molecule has 2 heterocycles. The maximum Gasteiger partial charge on any atom is 0.193 e. The number of aliphatic imine (C=N–C) groups is 1. The maximum absolute atomic E-state index is 6.12. The molecule has 2 aromatic rings. The minimum absolute atomic E-state index is 0. The highest BCUT2D eigenvalue weighted by molar-refractivity contribution is 14.0. The summed E-state index contributed by atoms with van der Waals surface area (Å²) in [6.45, 7) is 9.29. The van der Waals surface area contributed by atoms with Gasteiger partial charge in [0.25, 0.3) is 0 Å². The highest BCUT2D eigenvalue weighted by atomic mass is 127. The number of aromatic nitrogens is 2. The lowest BCUT2D eigenvalue weighted by molar-refractivity contribution is -0.0836. The molecule has 7 heteroatoms. The largest absolute Gasteiger partial charge is 0.377 e. The van der Waals surface area contributed by atoms with Gasteiger partial charge in [0.05, 0.1) is 18.0 Å². The van der Waals surface area contributed by atoms with Gasteiger partial charge < -0.3 is 15.0 Å². The van der Waals surface area contributed by atoms with Gasteiger partial charge in [-0.15, -0.1) is 24.0 Å². The Hall–Kier alpha value is -1.61. The molecule has 6 nitrogen and oxygen atoms in total. The number of para-hydroxylation sites is 1. The lowest BCUT2D eigenvalue weighted by Gasteiger charge is -2.40. The molecule has 30 heavy (non-hydrogen) atoms. The van der Waals surface area contributed by atoms with E-state index in [1.165, 1.54) is 6.42 Å². The van der Waals surface area contributed by atoms with Gasteiger partial charge >= 0.3 is 0 Å². The molecule has 0 spiro atoms. The topological polar surface area (TPSA) is 54.7 Å². The third-order valence-corrected chi connectivity index (χ3v) is 5.47. The summed E-state index contributed by atoms with van der Waals surface area (Å²) in [4.78, 5) is 6.63. The van der Waals surface area contributed by atoms with Crippen LogP contribution in [0.5, 0.6) is 0 Å². The highest BCUT2D eigenvalue weighted by Gasteiger charge is 2.35. The van der Waals surface area contributed by atoms with E-state index in [1.54, 1.807) is 0 Å². The van der Waals surface area contributed by atoms with Crippen LogP contribution in [0.15, 0.2) is 47.7 Å². The predicted octanol–water partition coefficient (Wildman–Crippen LogP) is 4.34. The first-order valence-electron chi connectivity index (χ1n) is 10.5. The number of halogens is 1. The van der Waals surface area contributed by atoms with E-state index >= 15 is 0 Å². The summed E-state index contributed by atoms with van der Waals surface area (Å²) >= 11 is 0. The summed E-state index contributed by atoms with van der Waals surface area (Å²) in [6, 6.07) is 10.2. The van der Waals surface area contributed by atoms with Crippen molar-refractivity contribution < 1.29 is 4.74 Å². The summed E-state index contributed by atoms with van der Waals surface area (Å²) in [5.41, 5.74) is 2.36. The number of guanidine groups is 1. The van der Waals surface area contributed by atoms with Crippen LogP contribution >= 0.6 is 24.0 Å². The fourth-order valence-electron chi connectivity index (χ4n) is 4.13. The molecule has 0 radical (unpaired) electrons. The van der Waals surface area contributed by atoms with Crippen LogP contribution in [-0.2, 0) is 11.3 Å². The summed E-state index contributed by atoms with van der Waals surface area (Å²) in [7, 11) is 3.90. The number of ether oxygens (including phenoxy) is 1. The Labute approximate surface area is 198 Å². The van der Waals surface area contributed by atoms with Crippen molar-refractivity contribution >= 4 is 29.9 Å². The molecule has 3 rings (SSSR count). The van der Waals surface area contributed by atoms with Gasteiger partial charge in [0.1, 0.15) is 0 Å². The van der Waals surface area contributed by atoms with Crippen LogP contribution in [0, 0.1) is 11.3 Å². The quantitative estimate of drug-likeness (QED) is 0.359. The van der Waals surface area contributed by atoms with Crippen LogP contribution in [0.3, 0.4) is 0 Å². The fraction of sp³-hybridized carbons (Fsp3) is 0.565. The van der Waals surface area contributed by atoms with Gasteiger partial charge in [-0.05, 0) is 30.4 Å². The zero-order chi connectivity index (χ0) is 20.9. The second-order valence-electron chi connectivity index (χ2n) is 8.97. The van der Waals surface area contributed by atoms with E-state index < -0.39 is 0 Å². The molecule has 0 amide bonds. The SMILES string of the molecule is CN=C(NCC1CCCOC1C(C)(C)C)N(C)Cc1cnn(-c2ccccc2)c1.I. The number of hydrogen-bond acceptors (Lipinski definition) is 3. The molecule has 1 aromatic carbocycles. The number of hydrogen-bond donors (Lipinski definition) is 1. The van der Waals surface area contributed by atoms with E-state index in [0.717, 1.165) is 43.3 Å². The first-order chi connectivity index (χ1) is 13.9. The van der Waals surface area contributed by atoms with Crippen molar-refractivity contribution in [2.45, 2.75) is 46.3 Å². The predicted molar refractivity (Wildman–Crippen MR) is 134 cm³/mol. The van der Waals surface area contributed by atoms with Crippen molar-refractivity contribution in [3.63, 3.8) is 0 Å². The van der Waals surface area contributed by atoms with Crippen LogP contribution in [0.25, 0.3) is 5.69 Å². The first-order valence-corrected chi connectivity index (χ1v) is 10.5. The molecule has 1 fully saturated rings. The van der Waals surface area contributed by atoms with Gasteiger partial charge in [-0.25, -0.2) is 4.68 Å². The third kappa shape index (κ3) is 6.44. The van der Waals surface area contributed by atoms with E-state index in [-0.39, 0.29) is 35.5 Å². The maximum atomic E-state index is 6.12. The van der Waals surface area contributed by atoms with Crippen LogP contribution in [0.1, 0.15) is 39.2 Å². The Morgan fingerprint density at radius 2 is 2.03 bits per heavy atom. The Morgan fingerprint density at radius 1 is 1.30 bits per heavy atom. The molecular weight excluding hydrogens is 489 g/mol. The summed E-state index contributed by atoms with van der Waals surface area (Å²) in [6.07, 6.45) is 6.59. The summed E-state index contributed by atoms with van der Waals surface area (Å²) < 4.78 is 8.03. The third-order valence-electron chi connectivity index (χ3n) is 5.47. The second-order valence-corrected chi connectivity index (χ2v) is 8.97. The van der Waals surface area contributed by atoms with Gasteiger partial charge in [0.15, 0.2) is 5.96 Å². The molecule has 1 aliphatic rings. The number of rotatable bonds is 5. The molecule has 1 aliphatic heterocycles. The minimum atomic E-state index is 0. The Bertz CT molecular complexity index is 799. The molecule has 1 aromatic heterocycles. The van der Waals surface area contributed by atoms with Crippen LogP contribution < -0.4 is 5.32 Å². The Balaban J connectivity index is 0.00000320. The van der Waals surface area contributed by atoms with Gasteiger partial charge in [-0.2, -0.15) is 5.10 Å². The average molecular weight is 525 g/mol. The van der Waals surface area contributed by atoms with E-state index in [2.05, 4.69) is 66.5 Å². The lowest BCUT2D eigenvalue weighted by atomic mass is 9.78. The molecule has 2 atom stereocenters.